The molecule has 0 saturated carbocycles. The molecule has 0 spiro atoms. The summed E-state index contributed by atoms with van der Waals surface area (Å²) in [6.07, 6.45) is 8.72. The van der Waals surface area contributed by atoms with Crippen LogP contribution in [0.1, 0.15) is 31.2 Å². The fourth-order valence-electron chi connectivity index (χ4n) is 3.28. The Morgan fingerprint density at radius 2 is 1.92 bits per heavy atom. The molecule has 1 fully saturated rings. The van der Waals surface area contributed by atoms with Crippen molar-refractivity contribution in [3.8, 4) is 0 Å². The Labute approximate surface area is 149 Å². The molecule has 0 aliphatic carbocycles. The van der Waals surface area contributed by atoms with E-state index < -0.39 is 0 Å². The zero-order valence-electron chi connectivity index (χ0n) is 15.1. The molecule has 134 valence electrons. The predicted molar refractivity (Wildman–Crippen MR) is 101 cm³/mol. The molecule has 2 aromatic rings. The molecule has 6 heteroatoms. The van der Waals surface area contributed by atoms with Crippen molar-refractivity contribution in [2.75, 3.05) is 30.4 Å². The molecule has 0 radical (unpaired) electrons. The molecule has 1 aromatic carbocycles. The number of hydrogen-bond donors (Lipinski definition) is 1. The van der Waals surface area contributed by atoms with Crippen LogP contribution in [0.3, 0.4) is 0 Å². The minimum absolute atomic E-state index is 0.105. The summed E-state index contributed by atoms with van der Waals surface area (Å²) in [5, 5.41) is 7.22. The summed E-state index contributed by atoms with van der Waals surface area (Å²) in [6.45, 7) is 2.64. The average molecular weight is 341 g/mol. The van der Waals surface area contributed by atoms with E-state index in [1.54, 1.807) is 22.8 Å². The predicted octanol–water partition coefficient (Wildman–Crippen LogP) is 3.46. The third kappa shape index (κ3) is 4.53. The number of hydrogen-bond acceptors (Lipinski definition) is 3. The summed E-state index contributed by atoms with van der Waals surface area (Å²) in [5.41, 5.74) is 3.01. The number of amides is 2. The lowest BCUT2D eigenvalue weighted by Gasteiger charge is -2.26. The summed E-state index contributed by atoms with van der Waals surface area (Å²) in [7, 11) is 3.68. The fourth-order valence-corrected chi connectivity index (χ4v) is 3.28. The van der Waals surface area contributed by atoms with E-state index in [2.05, 4.69) is 21.4 Å². The first-order chi connectivity index (χ1) is 12.1. The number of carbonyl (C=O) groups excluding carboxylic acids is 1. The number of benzene rings is 1. The minimum Gasteiger partial charge on any atom is -0.370 e. The highest BCUT2D eigenvalue weighted by Gasteiger charge is 2.16. The maximum atomic E-state index is 12.6. The van der Waals surface area contributed by atoms with Gasteiger partial charge in [-0.25, -0.2) is 4.79 Å². The monoisotopic (exact) mass is 341 g/mol. The summed E-state index contributed by atoms with van der Waals surface area (Å²) >= 11 is 0. The first-order valence-electron chi connectivity index (χ1n) is 8.97. The number of rotatable bonds is 4. The Balaban J connectivity index is 1.68. The molecule has 3 rings (SSSR count). The molecular formula is C19H27N5O. The van der Waals surface area contributed by atoms with Gasteiger partial charge in [0, 0.05) is 38.9 Å². The van der Waals surface area contributed by atoms with Crippen LogP contribution in [0, 0.1) is 0 Å². The van der Waals surface area contributed by atoms with Gasteiger partial charge >= 0.3 is 6.03 Å². The van der Waals surface area contributed by atoms with Gasteiger partial charge in [0.05, 0.1) is 24.1 Å². The molecule has 6 nitrogen and oxygen atoms in total. The number of urea groups is 1. The molecule has 1 aromatic heterocycles. The van der Waals surface area contributed by atoms with Gasteiger partial charge in [-0.15, -0.1) is 0 Å². The number of carbonyl (C=O) groups is 1. The molecule has 2 heterocycles. The van der Waals surface area contributed by atoms with E-state index in [-0.39, 0.29) is 6.03 Å². The van der Waals surface area contributed by atoms with Crippen molar-refractivity contribution in [2.24, 2.45) is 7.05 Å². The Hall–Kier alpha value is -2.50. The van der Waals surface area contributed by atoms with Gasteiger partial charge in [0.25, 0.3) is 0 Å². The van der Waals surface area contributed by atoms with E-state index in [0.717, 1.165) is 30.0 Å². The maximum absolute atomic E-state index is 12.6. The average Bonchev–Trinajstić information content (AvgIpc) is 2.85. The van der Waals surface area contributed by atoms with Crippen LogP contribution in [0.4, 0.5) is 16.2 Å². The lowest BCUT2D eigenvalue weighted by atomic mass is 10.2. The van der Waals surface area contributed by atoms with Crippen LogP contribution in [0.2, 0.25) is 0 Å². The largest absolute Gasteiger partial charge is 0.370 e. The van der Waals surface area contributed by atoms with Crippen molar-refractivity contribution in [1.82, 2.24) is 14.7 Å². The van der Waals surface area contributed by atoms with E-state index in [0.29, 0.717) is 6.54 Å². The molecule has 2 amide bonds. The molecule has 25 heavy (non-hydrogen) atoms. The summed E-state index contributed by atoms with van der Waals surface area (Å²) in [6, 6.07) is 7.98. The van der Waals surface area contributed by atoms with Gasteiger partial charge < -0.3 is 15.1 Å². The second-order valence-corrected chi connectivity index (χ2v) is 6.73. The van der Waals surface area contributed by atoms with Crippen LogP contribution in [-0.2, 0) is 13.6 Å². The number of anilines is 2. The van der Waals surface area contributed by atoms with Gasteiger partial charge in [-0.2, -0.15) is 5.10 Å². The van der Waals surface area contributed by atoms with E-state index in [1.807, 2.05) is 31.4 Å². The summed E-state index contributed by atoms with van der Waals surface area (Å²) in [5.74, 6) is 0. The Kier molecular flexibility index (Phi) is 5.58. The van der Waals surface area contributed by atoms with Crippen LogP contribution < -0.4 is 10.2 Å². The van der Waals surface area contributed by atoms with Gasteiger partial charge in [0.2, 0.25) is 0 Å². The molecule has 1 aliphatic heterocycles. The van der Waals surface area contributed by atoms with Gasteiger partial charge in [-0.05, 0) is 25.0 Å². The number of nitrogens with zero attached hydrogens (tertiary/aromatic N) is 4. The second-order valence-electron chi connectivity index (χ2n) is 6.73. The van der Waals surface area contributed by atoms with Crippen molar-refractivity contribution in [3.63, 3.8) is 0 Å². The molecule has 1 aliphatic rings. The van der Waals surface area contributed by atoms with Gasteiger partial charge in [-0.1, -0.05) is 25.0 Å². The zero-order chi connectivity index (χ0) is 17.6. The zero-order valence-corrected chi connectivity index (χ0v) is 15.1. The van der Waals surface area contributed by atoms with Crippen molar-refractivity contribution in [1.29, 1.82) is 0 Å². The van der Waals surface area contributed by atoms with Gasteiger partial charge in [0.15, 0.2) is 0 Å². The van der Waals surface area contributed by atoms with Crippen LogP contribution in [0.5, 0.6) is 0 Å². The highest BCUT2D eigenvalue weighted by Crippen LogP contribution is 2.28. The third-order valence-electron chi connectivity index (χ3n) is 4.62. The topological polar surface area (TPSA) is 53.4 Å². The quantitative estimate of drug-likeness (QED) is 0.926. The Morgan fingerprint density at radius 3 is 2.60 bits per heavy atom. The molecular weight excluding hydrogens is 314 g/mol. The third-order valence-corrected chi connectivity index (χ3v) is 4.62. The molecule has 0 unspecified atom stereocenters. The van der Waals surface area contributed by atoms with Crippen LogP contribution in [0.25, 0.3) is 0 Å². The number of nitrogens with one attached hydrogen (secondary N) is 1. The molecule has 1 saturated heterocycles. The van der Waals surface area contributed by atoms with Crippen LogP contribution in [-0.4, -0.2) is 40.8 Å². The highest BCUT2D eigenvalue weighted by atomic mass is 16.2. The van der Waals surface area contributed by atoms with E-state index in [1.165, 1.54) is 25.7 Å². The molecule has 1 N–H and O–H groups in total. The lowest BCUT2D eigenvalue weighted by molar-refractivity contribution is 0.220. The van der Waals surface area contributed by atoms with Crippen LogP contribution >= 0.6 is 0 Å². The molecule has 0 atom stereocenters. The van der Waals surface area contributed by atoms with E-state index in [4.69, 9.17) is 0 Å². The fraction of sp³-hybridized carbons (Fsp3) is 0.474. The minimum atomic E-state index is -0.105. The normalized spacial score (nSPS) is 14.9. The number of para-hydroxylation sites is 2. The van der Waals surface area contributed by atoms with Crippen molar-refractivity contribution in [2.45, 2.75) is 32.2 Å². The smallest absolute Gasteiger partial charge is 0.321 e. The number of aryl methyl sites for hydroxylation is 1. The van der Waals surface area contributed by atoms with Gasteiger partial charge in [-0.3, -0.25) is 4.68 Å². The highest BCUT2D eigenvalue weighted by molar-refractivity contribution is 5.93. The standard InChI is InChI=1S/C19H27N5O/c1-22(14-16-13-20-23(2)15-16)19(25)21-17-9-5-6-10-18(17)24-11-7-3-4-8-12-24/h5-6,9-10,13,15H,3-4,7-8,11-12,14H2,1-2H3,(H,21,25). The van der Waals surface area contributed by atoms with Crippen LogP contribution in [0.15, 0.2) is 36.7 Å². The Morgan fingerprint density at radius 1 is 1.20 bits per heavy atom. The maximum Gasteiger partial charge on any atom is 0.321 e. The summed E-state index contributed by atoms with van der Waals surface area (Å²) < 4.78 is 1.75. The van der Waals surface area contributed by atoms with E-state index in [9.17, 15) is 4.79 Å². The van der Waals surface area contributed by atoms with Crippen molar-refractivity contribution < 1.29 is 4.79 Å². The first-order valence-corrected chi connectivity index (χ1v) is 8.97. The number of aromatic nitrogens is 2. The first kappa shape index (κ1) is 17.3. The van der Waals surface area contributed by atoms with Gasteiger partial charge in [0.1, 0.15) is 0 Å². The Bertz CT molecular complexity index is 703. The van der Waals surface area contributed by atoms with E-state index >= 15 is 0 Å². The second kappa shape index (κ2) is 8.05. The lowest BCUT2D eigenvalue weighted by Crippen LogP contribution is -2.32. The SMILES string of the molecule is CN(Cc1cnn(C)c1)C(=O)Nc1ccccc1N1CCCCCC1. The summed E-state index contributed by atoms with van der Waals surface area (Å²) in [4.78, 5) is 16.7. The van der Waals surface area contributed by atoms with Crippen molar-refractivity contribution in [3.05, 3.63) is 42.2 Å². The van der Waals surface area contributed by atoms with Crippen molar-refractivity contribution >= 4 is 17.4 Å². The molecule has 0 bridgehead atoms.